The van der Waals surface area contributed by atoms with Gasteiger partial charge in [-0.15, -0.1) is 0 Å². The Morgan fingerprint density at radius 2 is 1.75 bits per heavy atom. The Bertz CT molecular complexity index is 340. The highest BCUT2D eigenvalue weighted by atomic mass is 15.2. The minimum Gasteiger partial charge on any atom is -0.293 e. The quantitative estimate of drug-likeness (QED) is 0.728. The van der Waals surface area contributed by atoms with E-state index in [0.717, 1.165) is 0 Å². The van der Waals surface area contributed by atoms with Crippen LogP contribution >= 0.6 is 0 Å². The zero-order valence-corrected chi connectivity index (χ0v) is 9.99. The second-order valence-electron chi connectivity index (χ2n) is 5.44. The molecule has 2 fully saturated rings. The molecule has 1 aliphatic carbocycles. The Morgan fingerprint density at radius 3 is 2.50 bits per heavy atom. The van der Waals surface area contributed by atoms with E-state index in [-0.39, 0.29) is 0 Å². The molecule has 1 heterocycles. The van der Waals surface area contributed by atoms with Crippen LogP contribution in [0, 0.1) is 0 Å². The van der Waals surface area contributed by atoms with Crippen LogP contribution in [-0.2, 0) is 6.54 Å². The van der Waals surface area contributed by atoms with Crippen LogP contribution in [0.1, 0.15) is 44.1 Å². The molecule has 1 saturated heterocycles. The zero-order chi connectivity index (χ0) is 10.8. The van der Waals surface area contributed by atoms with Gasteiger partial charge in [-0.1, -0.05) is 43.2 Å². The van der Waals surface area contributed by atoms with Crippen molar-refractivity contribution in [3.63, 3.8) is 0 Å². The van der Waals surface area contributed by atoms with Gasteiger partial charge in [-0.3, -0.25) is 4.90 Å². The van der Waals surface area contributed by atoms with Gasteiger partial charge in [0.15, 0.2) is 0 Å². The molecule has 1 aromatic rings. The van der Waals surface area contributed by atoms with E-state index in [9.17, 15) is 0 Å². The number of rotatable bonds is 2. The topological polar surface area (TPSA) is 3.24 Å². The van der Waals surface area contributed by atoms with Crippen molar-refractivity contribution in [1.29, 1.82) is 0 Å². The number of hydrogen-bond donors (Lipinski definition) is 0. The largest absolute Gasteiger partial charge is 0.293 e. The van der Waals surface area contributed by atoms with E-state index in [4.69, 9.17) is 0 Å². The fourth-order valence-corrected chi connectivity index (χ4v) is 3.09. The molecule has 1 aliphatic heterocycles. The molecule has 1 spiro atoms. The second-order valence-corrected chi connectivity index (χ2v) is 5.44. The third-order valence-corrected chi connectivity index (χ3v) is 4.28. The molecular formula is C15H21N. The van der Waals surface area contributed by atoms with Crippen molar-refractivity contribution in [2.24, 2.45) is 0 Å². The highest BCUT2D eigenvalue weighted by Crippen LogP contribution is 2.48. The monoisotopic (exact) mass is 215 g/mol. The summed E-state index contributed by atoms with van der Waals surface area (Å²) >= 11 is 0. The lowest BCUT2D eigenvalue weighted by atomic mass is 10.1. The van der Waals surface area contributed by atoms with E-state index < -0.39 is 0 Å². The Morgan fingerprint density at radius 1 is 0.938 bits per heavy atom. The predicted octanol–water partition coefficient (Wildman–Crippen LogP) is 3.60. The summed E-state index contributed by atoms with van der Waals surface area (Å²) in [6.45, 7) is 2.48. The van der Waals surface area contributed by atoms with Crippen LogP contribution in [0.5, 0.6) is 0 Å². The van der Waals surface area contributed by atoms with Crippen molar-refractivity contribution in [3.05, 3.63) is 35.9 Å². The van der Waals surface area contributed by atoms with E-state index in [1.165, 1.54) is 57.2 Å². The molecule has 1 saturated carbocycles. The van der Waals surface area contributed by atoms with E-state index in [1.807, 2.05) is 0 Å². The van der Waals surface area contributed by atoms with Gasteiger partial charge in [-0.25, -0.2) is 0 Å². The lowest BCUT2D eigenvalue weighted by Crippen LogP contribution is -2.36. The normalized spacial score (nSPS) is 24.2. The molecule has 86 valence electrons. The maximum atomic E-state index is 2.76. The van der Waals surface area contributed by atoms with Gasteiger partial charge in [-0.2, -0.15) is 0 Å². The molecular weight excluding hydrogens is 194 g/mol. The van der Waals surface area contributed by atoms with Crippen LogP contribution in [-0.4, -0.2) is 17.0 Å². The lowest BCUT2D eigenvalue weighted by molar-refractivity contribution is 0.171. The van der Waals surface area contributed by atoms with E-state index in [1.54, 1.807) is 0 Å². The van der Waals surface area contributed by atoms with E-state index in [2.05, 4.69) is 35.2 Å². The molecule has 1 aromatic carbocycles. The lowest BCUT2D eigenvalue weighted by Gasteiger charge is -2.30. The smallest absolute Gasteiger partial charge is 0.0239 e. The first-order chi connectivity index (χ1) is 7.89. The third-order valence-electron chi connectivity index (χ3n) is 4.28. The summed E-state index contributed by atoms with van der Waals surface area (Å²) in [6.07, 6.45) is 8.62. The van der Waals surface area contributed by atoms with Crippen molar-refractivity contribution in [3.8, 4) is 0 Å². The Kier molecular flexibility index (Phi) is 2.72. The first-order valence-electron chi connectivity index (χ1n) is 6.68. The van der Waals surface area contributed by atoms with E-state index in [0.29, 0.717) is 5.54 Å². The average molecular weight is 215 g/mol. The van der Waals surface area contributed by atoms with Crippen LogP contribution < -0.4 is 0 Å². The second kappa shape index (κ2) is 4.21. The van der Waals surface area contributed by atoms with Crippen molar-refractivity contribution in [1.82, 2.24) is 4.90 Å². The van der Waals surface area contributed by atoms with Gasteiger partial charge in [0.2, 0.25) is 0 Å². The minimum atomic E-state index is 0.617. The Labute approximate surface area is 98.5 Å². The maximum absolute atomic E-state index is 2.76. The maximum Gasteiger partial charge on any atom is 0.0239 e. The summed E-state index contributed by atoms with van der Waals surface area (Å²) in [5.41, 5.74) is 2.10. The summed E-state index contributed by atoms with van der Waals surface area (Å²) in [5, 5.41) is 0. The SMILES string of the molecule is c1ccc(CN2CCCCCC23CC3)cc1. The van der Waals surface area contributed by atoms with Gasteiger partial charge in [0.25, 0.3) is 0 Å². The molecule has 16 heavy (non-hydrogen) atoms. The molecule has 1 nitrogen and oxygen atoms in total. The Hall–Kier alpha value is -0.820. The van der Waals surface area contributed by atoms with Crippen molar-refractivity contribution < 1.29 is 0 Å². The predicted molar refractivity (Wildman–Crippen MR) is 67.3 cm³/mol. The van der Waals surface area contributed by atoms with Gasteiger partial charge in [0.1, 0.15) is 0 Å². The standard InChI is InChI=1S/C15H21N/c1-3-7-14(8-4-1)13-16-12-6-2-5-9-15(16)10-11-15/h1,3-4,7-8H,2,5-6,9-13H2. The first-order valence-corrected chi connectivity index (χ1v) is 6.68. The molecule has 0 unspecified atom stereocenters. The van der Waals surface area contributed by atoms with E-state index >= 15 is 0 Å². The van der Waals surface area contributed by atoms with Crippen LogP contribution in [0.15, 0.2) is 30.3 Å². The van der Waals surface area contributed by atoms with Gasteiger partial charge in [0.05, 0.1) is 0 Å². The highest BCUT2D eigenvalue weighted by Gasteiger charge is 2.47. The number of nitrogens with zero attached hydrogens (tertiary/aromatic N) is 1. The molecule has 0 amide bonds. The molecule has 0 radical (unpaired) electrons. The fourth-order valence-electron chi connectivity index (χ4n) is 3.09. The molecule has 3 rings (SSSR count). The molecule has 1 heteroatoms. The van der Waals surface area contributed by atoms with Crippen molar-refractivity contribution >= 4 is 0 Å². The summed E-state index contributed by atoms with van der Waals surface area (Å²) < 4.78 is 0. The van der Waals surface area contributed by atoms with Gasteiger partial charge in [-0.05, 0) is 37.8 Å². The Balaban J connectivity index is 1.73. The van der Waals surface area contributed by atoms with Gasteiger partial charge >= 0.3 is 0 Å². The molecule has 0 aromatic heterocycles. The molecule has 0 atom stereocenters. The fraction of sp³-hybridized carbons (Fsp3) is 0.600. The van der Waals surface area contributed by atoms with Crippen LogP contribution in [0.4, 0.5) is 0 Å². The number of hydrogen-bond acceptors (Lipinski definition) is 1. The van der Waals surface area contributed by atoms with Gasteiger partial charge < -0.3 is 0 Å². The number of benzene rings is 1. The summed E-state index contributed by atoms with van der Waals surface area (Å²) in [4.78, 5) is 2.76. The highest BCUT2D eigenvalue weighted by molar-refractivity contribution is 5.16. The van der Waals surface area contributed by atoms with Crippen LogP contribution in [0.3, 0.4) is 0 Å². The van der Waals surface area contributed by atoms with Crippen molar-refractivity contribution in [2.45, 2.75) is 50.6 Å². The zero-order valence-electron chi connectivity index (χ0n) is 9.99. The van der Waals surface area contributed by atoms with Crippen LogP contribution in [0.25, 0.3) is 0 Å². The summed E-state index contributed by atoms with van der Waals surface area (Å²) in [5.74, 6) is 0. The molecule has 2 aliphatic rings. The van der Waals surface area contributed by atoms with Gasteiger partial charge in [0, 0.05) is 12.1 Å². The minimum absolute atomic E-state index is 0.617. The third kappa shape index (κ3) is 2.01. The average Bonchev–Trinajstić information content (AvgIpc) is 3.12. The molecule has 0 bridgehead atoms. The van der Waals surface area contributed by atoms with Crippen LogP contribution in [0.2, 0.25) is 0 Å². The molecule has 0 N–H and O–H groups in total. The van der Waals surface area contributed by atoms with Crippen molar-refractivity contribution in [2.75, 3.05) is 6.54 Å². The summed E-state index contributed by atoms with van der Waals surface area (Å²) in [7, 11) is 0. The first kappa shape index (κ1) is 10.3. The summed E-state index contributed by atoms with van der Waals surface area (Å²) in [6, 6.07) is 11.0. The number of likely N-dealkylation sites (tertiary alicyclic amines) is 1.